The Morgan fingerprint density at radius 3 is 2.49 bits per heavy atom. The van der Waals surface area contributed by atoms with Crippen molar-refractivity contribution in [2.24, 2.45) is 5.73 Å². The smallest absolute Gasteiger partial charge is 0.202 e. The maximum Gasteiger partial charge on any atom is 0.202 e. The number of rotatable bonds is 5. The molecule has 7 N–H and O–H groups in total. The average Bonchev–Trinajstić information content (AvgIpc) is 2.90. The number of phenols is 2. The third kappa shape index (κ3) is 4.11. The van der Waals surface area contributed by atoms with Crippen LogP contribution in [-0.4, -0.2) is 86.7 Å². The van der Waals surface area contributed by atoms with Crippen molar-refractivity contribution in [1.29, 1.82) is 0 Å². The molecule has 1 heterocycles. The number of aliphatic hydroxyl groups excluding tert-OH is 2. The number of nitrogens with two attached hydrogens (primary N) is 1. The van der Waals surface area contributed by atoms with Gasteiger partial charge in [0.05, 0.1) is 42.1 Å². The maximum atomic E-state index is 13.6. The molecule has 0 radical (unpaired) electrons. The van der Waals surface area contributed by atoms with Gasteiger partial charge in [0.2, 0.25) is 5.78 Å². The van der Waals surface area contributed by atoms with Crippen LogP contribution in [0.4, 0.5) is 0 Å². The minimum Gasteiger partial charge on any atom is -0.507 e. The van der Waals surface area contributed by atoms with Crippen LogP contribution in [0, 0.1) is 0 Å². The molecule has 208 valence electrons. The van der Waals surface area contributed by atoms with Gasteiger partial charge in [-0.2, -0.15) is 0 Å². The monoisotopic (exact) mass is 543 g/mol. The van der Waals surface area contributed by atoms with Gasteiger partial charge in [-0.1, -0.05) is 12.1 Å². The Labute approximate surface area is 222 Å². The van der Waals surface area contributed by atoms with Crippen LogP contribution in [0.25, 0.3) is 0 Å². The first kappa shape index (κ1) is 27.2. The summed E-state index contributed by atoms with van der Waals surface area (Å²) < 4.78 is 17.0. The number of Topliss-reactive ketones (excluding diaryl/α,β-unsaturated/α-hetero) is 1. The topological polar surface area (TPSA) is 206 Å². The van der Waals surface area contributed by atoms with Crippen LogP contribution in [0.2, 0.25) is 0 Å². The molecule has 1 saturated heterocycles. The number of ether oxygens (including phenoxy) is 3. The van der Waals surface area contributed by atoms with Crippen LogP contribution < -0.4 is 10.5 Å². The molecule has 0 amide bonds. The summed E-state index contributed by atoms with van der Waals surface area (Å²) in [5.74, 6) is -3.77. The largest absolute Gasteiger partial charge is 0.507 e. The molecule has 0 spiro atoms. The number of benzene rings is 2. The molecule has 0 saturated carbocycles. The van der Waals surface area contributed by atoms with Crippen LogP contribution in [0.1, 0.15) is 68.8 Å². The van der Waals surface area contributed by atoms with Crippen LogP contribution in [-0.2, 0) is 20.7 Å². The van der Waals surface area contributed by atoms with E-state index in [4.69, 9.17) is 19.9 Å². The standard InChI is InChI=1S/C27H29NO11/c1-10-22(31)13(28)6-17(38-10)39-15-8-27(36,16(30)9-29)7-12-19(15)26(35)21-20(24(12)33)23(32)11-4-3-5-14(37-2)18(11)25(21)34/h3-5,10,13,15,17,22,29,31,33,35-36H,6-9,28H2,1-2H3/t10-,13?,15+,17-,22?,27+/m1/s1. The van der Waals surface area contributed by atoms with Crippen molar-refractivity contribution < 1.29 is 54.1 Å². The second kappa shape index (κ2) is 9.66. The van der Waals surface area contributed by atoms with Crippen molar-refractivity contribution in [3.63, 3.8) is 0 Å². The molecule has 12 nitrogen and oxygen atoms in total. The van der Waals surface area contributed by atoms with Gasteiger partial charge in [-0.15, -0.1) is 0 Å². The van der Waals surface area contributed by atoms with Crippen molar-refractivity contribution in [3.05, 3.63) is 51.6 Å². The first-order valence-electron chi connectivity index (χ1n) is 12.4. The molecule has 6 atom stereocenters. The van der Waals surface area contributed by atoms with E-state index in [-0.39, 0.29) is 34.4 Å². The molecule has 39 heavy (non-hydrogen) atoms. The molecule has 5 rings (SSSR count). The number of aromatic hydroxyl groups is 2. The summed E-state index contributed by atoms with van der Waals surface area (Å²) in [6.07, 6.45) is -5.12. The molecule has 12 heteroatoms. The second-order valence-corrected chi connectivity index (χ2v) is 10.2. The fourth-order valence-corrected chi connectivity index (χ4v) is 5.75. The Morgan fingerprint density at radius 2 is 1.85 bits per heavy atom. The zero-order chi connectivity index (χ0) is 28.4. The Bertz CT molecular complexity index is 1380. The van der Waals surface area contributed by atoms with Gasteiger partial charge in [0.25, 0.3) is 0 Å². The van der Waals surface area contributed by atoms with Gasteiger partial charge in [-0.25, -0.2) is 0 Å². The van der Waals surface area contributed by atoms with Gasteiger partial charge in [-0.3, -0.25) is 14.4 Å². The highest BCUT2D eigenvalue weighted by atomic mass is 16.7. The highest BCUT2D eigenvalue weighted by molar-refractivity contribution is 6.31. The van der Waals surface area contributed by atoms with Gasteiger partial charge >= 0.3 is 0 Å². The molecule has 1 fully saturated rings. The third-order valence-electron chi connectivity index (χ3n) is 7.81. The molecule has 2 aromatic rings. The minimum absolute atomic E-state index is 0.0173. The van der Waals surface area contributed by atoms with Crippen LogP contribution >= 0.6 is 0 Å². The molecular weight excluding hydrogens is 514 g/mol. The van der Waals surface area contributed by atoms with Crippen molar-refractivity contribution in [1.82, 2.24) is 0 Å². The summed E-state index contributed by atoms with van der Waals surface area (Å²) in [5.41, 5.74) is 2.37. The van der Waals surface area contributed by atoms with E-state index in [0.717, 1.165) is 0 Å². The number of aliphatic hydroxyl groups is 3. The number of hydrogen-bond donors (Lipinski definition) is 6. The van der Waals surface area contributed by atoms with Crippen LogP contribution in [0.15, 0.2) is 18.2 Å². The average molecular weight is 544 g/mol. The summed E-state index contributed by atoms with van der Waals surface area (Å²) >= 11 is 0. The van der Waals surface area contributed by atoms with E-state index in [1.807, 2.05) is 0 Å². The number of carbonyl (C=O) groups excluding carboxylic acids is 3. The quantitative estimate of drug-likeness (QED) is 0.235. The van der Waals surface area contributed by atoms with Crippen molar-refractivity contribution >= 4 is 17.3 Å². The molecule has 0 aromatic heterocycles. The number of ketones is 3. The van der Waals surface area contributed by atoms with Gasteiger partial charge in [-0.05, 0) is 13.0 Å². The zero-order valence-corrected chi connectivity index (χ0v) is 21.2. The van der Waals surface area contributed by atoms with Gasteiger partial charge < -0.3 is 45.5 Å². The Balaban J connectivity index is 1.69. The predicted octanol–water partition coefficient (Wildman–Crippen LogP) is 0.00130. The third-order valence-corrected chi connectivity index (χ3v) is 7.81. The molecule has 2 aliphatic carbocycles. The van der Waals surface area contributed by atoms with Crippen LogP contribution in [0.5, 0.6) is 17.2 Å². The summed E-state index contributed by atoms with van der Waals surface area (Å²) in [4.78, 5) is 39.7. The highest BCUT2D eigenvalue weighted by Crippen LogP contribution is 2.52. The van der Waals surface area contributed by atoms with Gasteiger partial charge in [0.1, 0.15) is 29.5 Å². The molecule has 1 aliphatic heterocycles. The summed E-state index contributed by atoms with van der Waals surface area (Å²) in [5, 5.41) is 53.7. The molecule has 0 bridgehead atoms. The summed E-state index contributed by atoms with van der Waals surface area (Å²) in [6.45, 7) is 0.560. The minimum atomic E-state index is -2.24. The first-order chi connectivity index (χ1) is 18.4. The maximum absolute atomic E-state index is 13.6. The second-order valence-electron chi connectivity index (χ2n) is 10.2. The lowest BCUT2D eigenvalue weighted by atomic mass is 9.72. The zero-order valence-electron chi connectivity index (χ0n) is 21.2. The van der Waals surface area contributed by atoms with Crippen LogP contribution in [0.3, 0.4) is 0 Å². The lowest BCUT2D eigenvalue weighted by molar-refractivity contribution is -0.247. The van der Waals surface area contributed by atoms with Gasteiger partial charge in [0, 0.05) is 42.0 Å². The number of hydrogen-bond acceptors (Lipinski definition) is 12. The Kier molecular flexibility index (Phi) is 6.74. The van der Waals surface area contributed by atoms with Crippen molar-refractivity contribution in [2.75, 3.05) is 13.7 Å². The van der Waals surface area contributed by atoms with E-state index in [9.17, 15) is 39.9 Å². The van der Waals surface area contributed by atoms with Gasteiger partial charge in [0.15, 0.2) is 17.9 Å². The predicted molar refractivity (Wildman–Crippen MR) is 132 cm³/mol. The number of fused-ring (bicyclic) bond motifs is 3. The summed E-state index contributed by atoms with van der Waals surface area (Å²) in [7, 11) is 1.32. The molecule has 3 aliphatic rings. The van der Waals surface area contributed by atoms with Crippen molar-refractivity contribution in [2.45, 2.75) is 62.4 Å². The van der Waals surface area contributed by atoms with E-state index in [0.29, 0.717) is 0 Å². The first-order valence-corrected chi connectivity index (χ1v) is 12.4. The summed E-state index contributed by atoms with van der Waals surface area (Å²) in [6, 6.07) is 3.64. The lowest BCUT2D eigenvalue weighted by Gasteiger charge is -2.42. The van der Waals surface area contributed by atoms with E-state index in [1.54, 1.807) is 6.92 Å². The number of phenolic OH excluding ortho intramolecular Hbond substituents is 2. The number of carbonyl (C=O) groups is 3. The normalized spacial score (nSPS) is 29.8. The molecule has 2 aromatic carbocycles. The molecule has 2 unspecified atom stereocenters. The van der Waals surface area contributed by atoms with E-state index in [2.05, 4.69) is 0 Å². The van der Waals surface area contributed by atoms with Crippen molar-refractivity contribution in [3.8, 4) is 17.2 Å². The Morgan fingerprint density at radius 1 is 1.15 bits per heavy atom. The fraction of sp³-hybridized carbons (Fsp3) is 0.444. The fourth-order valence-electron chi connectivity index (χ4n) is 5.75. The number of methoxy groups -OCH3 is 1. The Hall–Kier alpha value is -3.39. The van der Waals surface area contributed by atoms with E-state index < -0.39 is 95.7 Å². The molecular formula is C27H29NO11. The highest BCUT2D eigenvalue weighted by Gasteiger charge is 2.50. The SMILES string of the molecule is COc1cccc2c1C(=O)c1c(O)c3c(c(O)c1C2=O)C[C@@](O)(C(=O)CO)C[C@@H]3O[C@@H]1CC(N)C(O)[C@@H](C)O1. The lowest BCUT2D eigenvalue weighted by Crippen LogP contribution is -2.53. The van der Waals surface area contributed by atoms with E-state index >= 15 is 0 Å². The van der Waals surface area contributed by atoms with E-state index in [1.165, 1.54) is 25.3 Å².